The minimum atomic E-state index is -0.525. The van der Waals surface area contributed by atoms with Crippen molar-refractivity contribution in [1.29, 1.82) is 0 Å². The van der Waals surface area contributed by atoms with Gasteiger partial charge in [-0.2, -0.15) is 0 Å². The molecule has 3 aromatic rings. The molecule has 0 aliphatic carbocycles. The fourth-order valence-corrected chi connectivity index (χ4v) is 3.03. The smallest absolute Gasteiger partial charge is 0.343 e. The average Bonchev–Trinajstić information content (AvgIpc) is 2.93. The van der Waals surface area contributed by atoms with Crippen LogP contribution in [0.3, 0.4) is 0 Å². The topological polar surface area (TPSA) is 60.6 Å². The van der Waals surface area contributed by atoms with Crippen LogP contribution >= 0.6 is 11.6 Å². The van der Waals surface area contributed by atoms with E-state index in [4.69, 9.17) is 25.8 Å². The van der Waals surface area contributed by atoms with Crippen molar-refractivity contribution in [3.05, 3.63) is 34.9 Å². The predicted octanol–water partition coefficient (Wildman–Crippen LogP) is 3.78. The van der Waals surface area contributed by atoms with Crippen LogP contribution in [-0.4, -0.2) is 32.3 Å². The van der Waals surface area contributed by atoms with E-state index in [-0.39, 0.29) is 11.3 Å². The second kappa shape index (κ2) is 5.42. The Morgan fingerprint density at radius 2 is 1.77 bits per heavy atom. The number of hydrogen-bond acceptors (Lipinski definition) is 4. The molecule has 0 saturated heterocycles. The highest BCUT2D eigenvalue weighted by molar-refractivity contribution is 6.40. The molecule has 0 amide bonds. The monoisotopic (exact) mass is 319 g/mol. The minimum absolute atomic E-state index is 0.249. The van der Waals surface area contributed by atoms with Gasteiger partial charge in [0.15, 0.2) is 11.5 Å². The molecule has 0 atom stereocenters. The third-order valence-corrected chi connectivity index (χ3v) is 3.97. The average molecular weight is 320 g/mol. The zero-order valence-corrected chi connectivity index (χ0v) is 13.1. The number of aromatic amines is 1. The maximum atomic E-state index is 12.2. The fraction of sp³-hybridized carbons (Fsp3) is 0.188. The Hall–Kier alpha value is -2.40. The molecule has 1 aromatic heterocycles. The Balaban J connectivity index is 2.58. The Morgan fingerprint density at radius 3 is 2.41 bits per heavy atom. The van der Waals surface area contributed by atoms with Gasteiger partial charge in [-0.3, -0.25) is 0 Å². The molecular weight excluding hydrogens is 306 g/mol. The number of para-hydroxylation sites is 1. The maximum Gasteiger partial charge on any atom is 0.343 e. The molecule has 0 fully saturated rings. The summed E-state index contributed by atoms with van der Waals surface area (Å²) in [4.78, 5) is 15.5. The summed E-state index contributed by atoms with van der Waals surface area (Å²) in [7, 11) is 4.25. The van der Waals surface area contributed by atoms with E-state index in [9.17, 15) is 4.79 Å². The summed E-state index contributed by atoms with van der Waals surface area (Å²) in [5, 5.41) is 1.99. The molecule has 5 nitrogen and oxygen atoms in total. The van der Waals surface area contributed by atoms with Crippen molar-refractivity contribution < 1.29 is 19.0 Å². The molecule has 1 N–H and O–H groups in total. The van der Waals surface area contributed by atoms with Gasteiger partial charge in [0.2, 0.25) is 0 Å². The summed E-state index contributed by atoms with van der Waals surface area (Å²) in [5.74, 6) is 0.0311. The van der Waals surface area contributed by atoms with Gasteiger partial charge in [0, 0.05) is 16.3 Å². The van der Waals surface area contributed by atoms with Crippen molar-refractivity contribution in [3.8, 4) is 11.5 Å². The highest BCUT2D eigenvalue weighted by atomic mass is 35.5. The van der Waals surface area contributed by atoms with E-state index in [1.54, 1.807) is 0 Å². The standard InChI is InChI=1S/C16H14ClNO4/c1-20-14-11(16(19)22-3)13-10(12(17)15(14)21-2)8-6-4-5-7-9(8)18-13/h4-7,18H,1-3H3. The van der Waals surface area contributed by atoms with Crippen molar-refractivity contribution in [2.75, 3.05) is 21.3 Å². The SMILES string of the molecule is COC(=O)c1c(OC)c(OC)c(Cl)c2c1[nH]c1ccccc12. The summed E-state index contributed by atoms with van der Waals surface area (Å²) >= 11 is 6.49. The first-order valence-electron chi connectivity index (χ1n) is 6.56. The van der Waals surface area contributed by atoms with Crippen LogP contribution in [0.25, 0.3) is 21.8 Å². The number of rotatable bonds is 3. The van der Waals surface area contributed by atoms with Crippen LogP contribution in [0, 0.1) is 0 Å². The number of carbonyl (C=O) groups excluding carboxylic acids is 1. The fourth-order valence-electron chi connectivity index (χ4n) is 2.67. The van der Waals surface area contributed by atoms with E-state index in [1.165, 1.54) is 21.3 Å². The number of hydrogen-bond donors (Lipinski definition) is 1. The molecule has 2 aromatic carbocycles. The van der Waals surface area contributed by atoms with E-state index in [1.807, 2.05) is 24.3 Å². The summed E-state index contributed by atoms with van der Waals surface area (Å²) in [6.45, 7) is 0. The van der Waals surface area contributed by atoms with E-state index in [2.05, 4.69) is 4.98 Å². The van der Waals surface area contributed by atoms with Gasteiger partial charge in [0.1, 0.15) is 5.56 Å². The van der Waals surface area contributed by atoms with Gasteiger partial charge in [0.25, 0.3) is 0 Å². The number of H-pyrrole nitrogens is 1. The lowest BCUT2D eigenvalue weighted by Gasteiger charge is -2.14. The number of benzene rings is 2. The van der Waals surface area contributed by atoms with Crippen molar-refractivity contribution in [2.24, 2.45) is 0 Å². The minimum Gasteiger partial charge on any atom is -0.492 e. The van der Waals surface area contributed by atoms with E-state index < -0.39 is 5.97 Å². The first-order chi connectivity index (χ1) is 10.6. The molecule has 3 rings (SSSR count). The Morgan fingerprint density at radius 1 is 1.09 bits per heavy atom. The number of methoxy groups -OCH3 is 3. The summed E-state index contributed by atoms with van der Waals surface area (Å²) in [6.07, 6.45) is 0. The quantitative estimate of drug-likeness (QED) is 0.746. The molecule has 0 aliphatic rings. The predicted molar refractivity (Wildman–Crippen MR) is 85.3 cm³/mol. The molecule has 0 unspecified atom stereocenters. The van der Waals surface area contributed by atoms with Gasteiger partial charge >= 0.3 is 5.97 Å². The largest absolute Gasteiger partial charge is 0.492 e. The summed E-state index contributed by atoms with van der Waals surface area (Å²) < 4.78 is 15.6. The van der Waals surface area contributed by atoms with E-state index >= 15 is 0 Å². The Bertz CT molecular complexity index is 885. The second-order valence-electron chi connectivity index (χ2n) is 4.67. The molecule has 0 bridgehead atoms. The summed E-state index contributed by atoms with van der Waals surface area (Å²) in [5.41, 5.74) is 1.69. The van der Waals surface area contributed by atoms with Crippen LogP contribution in [0.15, 0.2) is 24.3 Å². The number of esters is 1. The van der Waals surface area contributed by atoms with Gasteiger partial charge in [-0.15, -0.1) is 0 Å². The van der Waals surface area contributed by atoms with Gasteiger partial charge in [-0.05, 0) is 6.07 Å². The number of carbonyl (C=O) groups is 1. The van der Waals surface area contributed by atoms with Crippen LogP contribution in [0.5, 0.6) is 11.5 Å². The van der Waals surface area contributed by atoms with Crippen molar-refractivity contribution >= 4 is 39.4 Å². The zero-order valence-electron chi connectivity index (χ0n) is 12.3. The number of fused-ring (bicyclic) bond motifs is 3. The molecule has 114 valence electrons. The van der Waals surface area contributed by atoms with Gasteiger partial charge < -0.3 is 19.2 Å². The van der Waals surface area contributed by atoms with Crippen LogP contribution in [0.4, 0.5) is 0 Å². The third-order valence-electron chi connectivity index (χ3n) is 3.61. The van der Waals surface area contributed by atoms with Gasteiger partial charge in [0.05, 0.1) is 31.9 Å². The molecular formula is C16H14ClNO4. The van der Waals surface area contributed by atoms with Gasteiger partial charge in [-0.25, -0.2) is 4.79 Å². The number of aromatic nitrogens is 1. The lowest BCUT2D eigenvalue weighted by atomic mass is 10.1. The molecule has 1 heterocycles. The first kappa shape index (κ1) is 14.5. The van der Waals surface area contributed by atoms with E-state index in [0.717, 1.165) is 10.9 Å². The molecule has 6 heteroatoms. The van der Waals surface area contributed by atoms with E-state index in [0.29, 0.717) is 21.7 Å². The van der Waals surface area contributed by atoms with Crippen LogP contribution in [0.1, 0.15) is 10.4 Å². The van der Waals surface area contributed by atoms with Crippen molar-refractivity contribution in [3.63, 3.8) is 0 Å². The van der Waals surface area contributed by atoms with Crippen molar-refractivity contribution in [2.45, 2.75) is 0 Å². The normalized spacial score (nSPS) is 10.9. The second-order valence-corrected chi connectivity index (χ2v) is 5.05. The molecule has 0 radical (unpaired) electrons. The lowest BCUT2D eigenvalue weighted by molar-refractivity contribution is 0.0598. The molecule has 0 spiro atoms. The highest BCUT2D eigenvalue weighted by Gasteiger charge is 2.27. The molecule has 0 saturated carbocycles. The Kier molecular flexibility index (Phi) is 3.58. The summed E-state index contributed by atoms with van der Waals surface area (Å²) in [6, 6.07) is 7.64. The third kappa shape index (κ3) is 1.89. The number of ether oxygens (including phenoxy) is 3. The zero-order chi connectivity index (χ0) is 15.9. The molecule has 22 heavy (non-hydrogen) atoms. The highest BCUT2D eigenvalue weighted by Crippen LogP contribution is 2.47. The van der Waals surface area contributed by atoms with Crippen LogP contribution in [0.2, 0.25) is 5.02 Å². The Labute approximate surface area is 131 Å². The first-order valence-corrected chi connectivity index (χ1v) is 6.94. The lowest BCUT2D eigenvalue weighted by Crippen LogP contribution is -2.07. The number of nitrogens with one attached hydrogen (secondary N) is 1. The van der Waals surface area contributed by atoms with Crippen LogP contribution < -0.4 is 9.47 Å². The van der Waals surface area contributed by atoms with Crippen LogP contribution in [-0.2, 0) is 4.74 Å². The molecule has 0 aliphatic heterocycles. The van der Waals surface area contributed by atoms with Gasteiger partial charge in [-0.1, -0.05) is 29.8 Å². The maximum absolute atomic E-state index is 12.2. The number of halogens is 1. The van der Waals surface area contributed by atoms with Crippen molar-refractivity contribution in [1.82, 2.24) is 4.98 Å².